The lowest BCUT2D eigenvalue weighted by Crippen LogP contribution is -2.07. The number of fused-ring (bicyclic) bond motifs is 1. The predicted octanol–water partition coefficient (Wildman–Crippen LogP) is 4.84. The molecular formula is C21H11F5N6O. The van der Waals surface area contributed by atoms with Gasteiger partial charge in [-0.2, -0.15) is 23.3 Å². The lowest BCUT2D eigenvalue weighted by molar-refractivity contribution is -0.137. The van der Waals surface area contributed by atoms with Gasteiger partial charge in [0.05, 0.1) is 23.5 Å². The molecule has 0 spiro atoms. The number of hydrogen-bond acceptors (Lipinski definition) is 6. The first-order valence-electron chi connectivity index (χ1n) is 9.43. The number of aromatic nitrogens is 6. The lowest BCUT2D eigenvalue weighted by atomic mass is 10.1. The van der Waals surface area contributed by atoms with Crippen LogP contribution < -0.4 is 0 Å². The van der Waals surface area contributed by atoms with Crippen LogP contribution in [0.25, 0.3) is 34.2 Å². The minimum Gasteiger partial charge on any atom is -0.334 e. The van der Waals surface area contributed by atoms with Crippen molar-refractivity contribution in [1.29, 1.82) is 0 Å². The topological polar surface area (TPSA) is 82.5 Å². The number of rotatable bonds is 4. The van der Waals surface area contributed by atoms with E-state index in [1.807, 2.05) is 0 Å². The lowest BCUT2D eigenvalue weighted by Gasteiger charge is -2.05. The third-order valence-electron chi connectivity index (χ3n) is 4.74. The van der Waals surface area contributed by atoms with Crippen molar-refractivity contribution in [1.82, 2.24) is 29.9 Å². The van der Waals surface area contributed by atoms with E-state index in [2.05, 4.69) is 25.2 Å². The van der Waals surface area contributed by atoms with E-state index in [1.54, 1.807) is 0 Å². The molecule has 0 unspecified atom stereocenters. The Labute approximate surface area is 181 Å². The van der Waals surface area contributed by atoms with Crippen LogP contribution in [0.15, 0.2) is 59.4 Å². The maximum atomic E-state index is 14.0. The molecule has 3 aromatic rings. The van der Waals surface area contributed by atoms with Gasteiger partial charge < -0.3 is 4.52 Å². The van der Waals surface area contributed by atoms with Crippen LogP contribution in [0.2, 0.25) is 0 Å². The van der Waals surface area contributed by atoms with Gasteiger partial charge in [0, 0.05) is 5.56 Å². The fraction of sp³-hybridized carbons (Fsp3) is 0.0952. The van der Waals surface area contributed by atoms with E-state index >= 15 is 0 Å². The second kappa shape index (κ2) is 7.73. The Hall–Kier alpha value is -4.22. The minimum atomic E-state index is -4.44. The Morgan fingerprint density at radius 3 is 2.42 bits per heavy atom. The number of benzene rings is 2. The van der Waals surface area contributed by atoms with Crippen molar-refractivity contribution in [2.45, 2.75) is 12.7 Å². The molecule has 0 saturated heterocycles. The van der Waals surface area contributed by atoms with Gasteiger partial charge in [-0.3, -0.25) is 4.68 Å². The van der Waals surface area contributed by atoms with E-state index in [-0.39, 0.29) is 29.6 Å². The third-order valence-corrected chi connectivity index (χ3v) is 4.74. The highest BCUT2D eigenvalue weighted by Crippen LogP contribution is 2.31. The highest BCUT2D eigenvalue weighted by atomic mass is 19.4. The average Bonchev–Trinajstić information content (AvgIpc) is 3.42. The van der Waals surface area contributed by atoms with E-state index in [1.165, 1.54) is 41.3 Å². The maximum absolute atomic E-state index is 14.0. The van der Waals surface area contributed by atoms with Crippen molar-refractivity contribution in [3.63, 3.8) is 0 Å². The molecule has 2 aliphatic heterocycles. The zero-order valence-electron chi connectivity index (χ0n) is 16.4. The summed E-state index contributed by atoms with van der Waals surface area (Å²) >= 11 is 0. The van der Waals surface area contributed by atoms with E-state index in [4.69, 9.17) is 4.52 Å². The molecule has 0 atom stereocenters. The fourth-order valence-corrected chi connectivity index (χ4v) is 3.13. The van der Waals surface area contributed by atoms with Crippen molar-refractivity contribution < 1.29 is 26.5 Å². The Morgan fingerprint density at radius 1 is 0.909 bits per heavy atom. The van der Waals surface area contributed by atoms with Crippen LogP contribution in [-0.4, -0.2) is 29.9 Å². The molecule has 0 radical (unpaired) electrons. The molecule has 5 rings (SSSR count). The first kappa shape index (κ1) is 20.7. The summed E-state index contributed by atoms with van der Waals surface area (Å²) in [5, 5.41) is 7.99. The molecule has 2 aromatic carbocycles. The number of imidazole rings is 1. The van der Waals surface area contributed by atoms with Crippen LogP contribution in [0.5, 0.6) is 0 Å². The zero-order chi connectivity index (χ0) is 23.2. The van der Waals surface area contributed by atoms with Crippen molar-refractivity contribution in [3.8, 4) is 34.2 Å². The largest absolute Gasteiger partial charge is 0.416 e. The summed E-state index contributed by atoms with van der Waals surface area (Å²) in [5.41, 5.74) is 0.238. The number of nitrogens with zero attached hydrogens (tertiary/aromatic N) is 6. The van der Waals surface area contributed by atoms with E-state index in [9.17, 15) is 22.0 Å². The number of halogens is 5. The van der Waals surface area contributed by atoms with Gasteiger partial charge in [0.1, 0.15) is 17.9 Å². The highest BCUT2D eigenvalue weighted by molar-refractivity contribution is 5.65. The van der Waals surface area contributed by atoms with Crippen LogP contribution in [0.3, 0.4) is 0 Å². The second-order valence-corrected chi connectivity index (χ2v) is 6.98. The van der Waals surface area contributed by atoms with Crippen LogP contribution in [0.4, 0.5) is 22.0 Å². The molecular weight excluding hydrogens is 447 g/mol. The van der Waals surface area contributed by atoms with Gasteiger partial charge in [0.25, 0.3) is 5.89 Å². The third kappa shape index (κ3) is 4.02. The molecule has 0 aliphatic carbocycles. The molecule has 0 bridgehead atoms. The first-order valence-corrected chi connectivity index (χ1v) is 9.43. The molecule has 3 heterocycles. The zero-order valence-corrected chi connectivity index (χ0v) is 16.4. The summed E-state index contributed by atoms with van der Waals surface area (Å²) in [6.07, 6.45) is -1.51. The molecule has 166 valence electrons. The highest BCUT2D eigenvalue weighted by Gasteiger charge is 2.30. The summed E-state index contributed by atoms with van der Waals surface area (Å²) in [6.45, 7) is 0.0661. The van der Waals surface area contributed by atoms with Gasteiger partial charge in [0.15, 0.2) is 23.3 Å². The second-order valence-electron chi connectivity index (χ2n) is 6.98. The predicted molar refractivity (Wildman–Crippen MR) is 104 cm³/mol. The van der Waals surface area contributed by atoms with Gasteiger partial charge in [-0.05, 0) is 36.4 Å². The van der Waals surface area contributed by atoms with Crippen molar-refractivity contribution in [2.24, 2.45) is 0 Å². The summed E-state index contributed by atoms with van der Waals surface area (Å²) < 4.78 is 72.2. The summed E-state index contributed by atoms with van der Waals surface area (Å²) in [5.74, 6) is -1.76. The summed E-state index contributed by atoms with van der Waals surface area (Å²) in [7, 11) is 0. The van der Waals surface area contributed by atoms with E-state index < -0.39 is 23.4 Å². The Bertz CT molecular complexity index is 1410. The molecule has 33 heavy (non-hydrogen) atoms. The molecule has 2 aliphatic rings. The smallest absolute Gasteiger partial charge is 0.334 e. The average molecular weight is 458 g/mol. The number of alkyl halides is 3. The Balaban J connectivity index is 1.37. The van der Waals surface area contributed by atoms with E-state index in [0.717, 1.165) is 18.2 Å². The van der Waals surface area contributed by atoms with Crippen molar-refractivity contribution >= 4 is 0 Å². The van der Waals surface area contributed by atoms with Gasteiger partial charge in [-0.15, -0.1) is 0 Å². The molecule has 1 aromatic heterocycles. The van der Waals surface area contributed by atoms with Crippen molar-refractivity contribution in [2.75, 3.05) is 0 Å². The Morgan fingerprint density at radius 2 is 1.67 bits per heavy atom. The van der Waals surface area contributed by atoms with Crippen LogP contribution >= 0.6 is 0 Å². The number of hydrogen-bond donors (Lipinski definition) is 0. The molecule has 0 amide bonds. The van der Waals surface area contributed by atoms with Gasteiger partial charge >= 0.3 is 6.18 Å². The molecule has 0 saturated carbocycles. The minimum absolute atomic E-state index is 0.0192. The van der Waals surface area contributed by atoms with Crippen molar-refractivity contribution in [3.05, 3.63) is 77.9 Å². The van der Waals surface area contributed by atoms with E-state index in [0.29, 0.717) is 17.0 Å². The SMILES string of the molecule is Fc1cccc(-c2nc3cnn(Cc4noc(-c5ccc(C(F)(F)F)cc5)n4)cc-3n2)c1F. The van der Waals surface area contributed by atoms with Gasteiger partial charge in [-0.1, -0.05) is 11.2 Å². The van der Waals surface area contributed by atoms with Crippen LogP contribution in [0, 0.1) is 11.6 Å². The molecule has 7 nitrogen and oxygen atoms in total. The monoisotopic (exact) mass is 458 g/mol. The maximum Gasteiger partial charge on any atom is 0.416 e. The van der Waals surface area contributed by atoms with Gasteiger partial charge in [0.2, 0.25) is 0 Å². The van der Waals surface area contributed by atoms with Crippen LogP contribution in [-0.2, 0) is 12.7 Å². The van der Waals surface area contributed by atoms with Crippen LogP contribution in [0.1, 0.15) is 11.4 Å². The summed E-state index contributed by atoms with van der Waals surface area (Å²) in [6, 6.07) is 8.07. The fourth-order valence-electron chi connectivity index (χ4n) is 3.13. The quantitative estimate of drug-likeness (QED) is 0.359. The standard InChI is InChI=1S/C21H11F5N6O/c22-14-3-1-2-13(18(14)23)19-28-15-8-27-32(9-16(15)29-19)10-17-30-20(33-31-17)11-4-6-12(7-5-11)21(24,25)26/h1-9H,10H2. The molecule has 12 heteroatoms. The molecule has 0 N–H and O–H groups in total. The first-order chi connectivity index (χ1) is 15.8. The van der Waals surface area contributed by atoms with Gasteiger partial charge in [-0.25, -0.2) is 18.7 Å². The summed E-state index contributed by atoms with van der Waals surface area (Å²) in [4.78, 5) is 12.6. The normalized spacial score (nSPS) is 11.9. The molecule has 0 fully saturated rings. The Kier molecular flexibility index (Phi) is 4.84.